The van der Waals surface area contributed by atoms with Crippen molar-refractivity contribution in [1.29, 1.82) is 0 Å². The molecule has 3 rings (SSSR count). The van der Waals surface area contributed by atoms with Crippen LogP contribution in [0.1, 0.15) is 58.8 Å². The Morgan fingerprint density at radius 2 is 2.00 bits per heavy atom. The number of aliphatic imine (C=N–C) groups is 1. The summed E-state index contributed by atoms with van der Waals surface area (Å²) in [6.45, 7) is 7.41. The minimum atomic E-state index is -2.81. The topological polar surface area (TPSA) is 61.8 Å². The van der Waals surface area contributed by atoms with Crippen LogP contribution in [0.15, 0.2) is 4.99 Å². The van der Waals surface area contributed by atoms with E-state index in [0.717, 1.165) is 25.5 Å². The predicted octanol–water partition coefficient (Wildman–Crippen LogP) is 3.05. The number of nitrogens with zero attached hydrogens (tertiary/aromatic N) is 2. The Kier molecular flexibility index (Phi) is 7.45. The average molecular weight is 483 g/mol. The molecule has 7 heteroatoms. The summed E-state index contributed by atoms with van der Waals surface area (Å²) in [6, 6.07) is 0.546. The summed E-state index contributed by atoms with van der Waals surface area (Å²) in [6.07, 6.45) is 8.26. The van der Waals surface area contributed by atoms with Crippen molar-refractivity contribution in [2.24, 2.45) is 16.3 Å². The molecule has 3 fully saturated rings. The lowest BCUT2D eigenvalue weighted by atomic mass is 9.87. The Bertz CT molecular complexity index is 575. The summed E-state index contributed by atoms with van der Waals surface area (Å²) < 4.78 is 23.3. The third-order valence-electron chi connectivity index (χ3n) is 6.23. The van der Waals surface area contributed by atoms with Crippen LogP contribution in [-0.2, 0) is 9.84 Å². The molecule has 2 aliphatic heterocycles. The second-order valence-electron chi connectivity index (χ2n) is 8.39. The van der Waals surface area contributed by atoms with Crippen molar-refractivity contribution >= 4 is 39.8 Å². The Hall–Kier alpha value is -0.0500. The molecule has 2 heterocycles. The van der Waals surface area contributed by atoms with Crippen LogP contribution in [0.5, 0.6) is 0 Å². The second kappa shape index (κ2) is 8.76. The maximum atomic E-state index is 11.7. The van der Waals surface area contributed by atoms with E-state index in [0.29, 0.717) is 29.5 Å². The van der Waals surface area contributed by atoms with Crippen molar-refractivity contribution in [3.63, 3.8) is 0 Å². The number of hydrogen-bond donors (Lipinski definition) is 1. The van der Waals surface area contributed by atoms with Crippen LogP contribution < -0.4 is 5.32 Å². The lowest BCUT2D eigenvalue weighted by Gasteiger charge is -2.28. The van der Waals surface area contributed by atoms with Gasteiger partial charge in [0.15, 0.2) is 15.8 Å². The molecule has 0 radical (unpaired) electrons. The quantitative estimate of drug-likeness (QED) is 0.380. The van der Waals surface area contributed by atoms with Gasteiger partial charge in [-0.1, -0.05) is 26.7 Å². The van der Waals surface area contributed by atoms with Gasteiger partial charge >= 0.3 is 0 Å². The van der Waals surface area contributed by atoms with Gasteiger partial charge in [-0.3, -0.25) is 4.99 Å². The fraction of sp³-hybridized carbons (Fsp3) is 0.944. The molecular formula is C18H34IN3O2S. The molecule has 0 spiro atoms. The molecule has 1 aliphatic carbocycles. The summed E-state index contributed by atoms with van der Waals surface area (Å²) in [7, 11) is -2.81. The molecule has 146 valence electrons. The first-order chi connectivity index (χ1) is 11.4. The molecule has 0 amide bonds. The van der Waals surface area contributed by atoms with E-state index in [9.17, 15) is 8.42 Å². The largest absolute Gasteiger partial charge is 0.354 e. The first-order valence-corrected chi connectivity index (χ1v) is 11.5. The van der Waals surface area contributed by atoms with E-state index in [4.69, 9.17) is 4.99 Å². The third kappa shape index (κ3) is 5.71. The van der Waals surface area contributed by atoms with Crippen LogP contribution in [-0.4, -0.2) is 56.5 Å². The molecule has 2 saturated heterocycles. The molecule has 1 N–H and O–H groups in total. The smallest absolute Gasteiger partial charge is 0.194 e. The Morgan fingerprint density at radius 3 is 2.56 bits per heavy atom. The van der Waals surface area contributed by atoms with Crippen LogP contribution in [0.2, 0.25) is 0 Å². The van der Waals surface area contributed by atoms with Gasteiger partial charge in [-0.05, 0) is 43.4 Å². The zero-order valence-corrected chi connectivity index (χ0v) is 18.8. The monoisotopic (exact) mass is 483 g/mol. The maximum Gasteiger partial charge on any atom is 0.194 e. The van der Waals surface area contributed by atoms with Gasteiger partial charge in [0.25, 0.3) is 0 Å². The van der Waals surface area contributed by atoms with Gasteiger partial charge in [0.1, 0.15) is 0 Å². The highest BCUT2D eigenvalue weighted by molar-refractivity contribution is 14.0. The van der Waals surface area contributed by atoms with Crippen molar-refractivity contribution in [1.82, 2.24) is 10.2 Å². The molecule has 2 unspecified atom stereocenters. The number of hydrogen-bond acceptors (Lipinski definition) is 3. The predicted molar refractivity (Wildman–Crippen MR) is 114 cm³/mol. The summed E-state index contributed by atoms with van der Waals surface area (Å²) in [5.74, 6) is 1.90. The van der Waals surface area contributed by atoms with Gasteiger partial charge < -0.3 is 10.2 Å². The number of sulfone groups is 1. The number of rotatable bonds is 4. The number of nitrogens with one attached hydrogen (secondary N) is 1. The normalized spacial score (nSPS) is 32.8. The van der Waals surface area contributed by atoms with Crippen LogP contribution in [0.4, 0.5) is 0 Å². The minimum absolute atomic E-state index is 0. The van der Waals surface area contributed by atoms with Crippen molar-refractivity contribution < 1.29 is 8.42 Å². The molecule has 0 aromatic rings. The Morgan fingerprint density at radius 1 is 1.28 bits per heavy atom. The minimum Gasteiger partial charge on any atom is -0.354 e. The second-order valence-corrected chi connectivity index (χ2v) is 10.6. The molecule has 25 heavy (non-hydrogen) atoms. The maximum absolute atomic E-state index is 11.7. The fourth-order valence-corrected chi connectivity index (χ4v) is 6.06. The van der Waals surface area contributed by atoms with Gasteiger partial charge in [-0.2, -0.15) is 0 Å². The van der Waals surface area contributed by atoms with Crippen LogP contribution in [0.25, 0.3) is 0 Å². The zero-order chi connectivity index (χ0) is 17.2. The number of likely N-dealkylation sites (tertiary alicyclic amines) is 1. The van der Waals surface area contributed by atoms with E-state index in [2.05, 4.69) is 24.1 Å². The molecule has 0 aromatic carbocycles. The summed E-state index contributed by atoms with van der Waals surface area (Å²) >= 11 is 0. The van der Waals surface area contributed by atoms with E-state index in [1.165, 1.54) is 38.5 Å². The SMILES string of the molecule is CCC1(C)CCN(C(=NCC2CCS(=O)(=O)C2)NC2CCCC2)C1.I. The summed E-state index contributed by atoms with van der Waals surface area (Å²) in [5, 5.41) is 3.69. The van der Waals surface area contributed by atoms with Crippen molar-refractivity contribution in [2.45, 2.75) is 64.8 Å². The van der Waals surface area contributed by atoms with E-state index in [-0.39, 0.29) is 29.9 Å². The van der Waals surface area contributed by atoms with E-state index >= 15 is 0 Å². The first-order valence-electron chi connectivity index (χ1n) is 9.65. The van der Waals surface area contributed by atoms with Gasteiger partial charge in [0.05, 0.1) is 11.5 Å². The summed E-state index contributed by atoms with van der Waals surface area (Å²) in [5.41, 5.74) is 0.384. The van der Waals surface area contributed by atoms with Crippen molar-refractivity contribution in [3.8, 4) is 0 Å². The third-order valence-corrected chi connectivity index (χ3v) is 8.06. The molecule has 0 bridgehead atoms. The average Bonchev–Trinajstić information content (AvgIpc) is 3.25. The van der Waals surface area contributed by atoms with Crippen LogP contribution in [0.3, 0.4) is 0 Å². The highest BCUT2D eigenvalue weighted by atomic mass is 127. The van der Waals surface area contributed by atoms with Gasteiger partial charge in [-0.15, -0.1) is 24.0 Å². The highest BCUT2D eigenvalue weighted by Gasteiger charge is 2.35. The lowest BCUT2D eigenvalue weighted by Crippen LogP contribution is -2.45. The van der Waals surface area contributed by atoms with E-state index in [1.807, 2.05) is 0 Å². The summed E-state index contributed by atoms with van der Waals surface area (Å²) in [4.78, 5) is 7.29. The van der Waals surface area contributed by atoms with Crippen molar-refractivity contribution in [2.75, 3.05) is 31.1 Å². The van der Waals surface area contributed by atoms with Crippen LogP contribution >= 0.6 is 24.0 Å². The Labute approximate surface area is 170 Å². The molecular weight excluding hydrogens is 449 g/mol. The molecule has 5 nitrogen and oxygen atoms in total. The van der Waals surface area contributed by atoms with Gasteiger partial charge in [0.2, 0.25) is 0 Å². The number of guanidine groups is 1. The van der Waals surface area contributed by atoms with Gasteiger partial charge in [0, 0.05) is 25.7 Å². The zero-order valence-electron chi connectivity index (χ0n) is 15.7. The first kappa shape index (κ1) is 21.3. The number of halogens is 1. The molecule has 2 atom stereocenters. The molecule has 3 aliphatic rings. The molecule has 0 aromatic heterocycles. The lowest BCUT2D eigenvalue weighted by molar-refractivity contribution is 0.320. The standard InChI is InChI=1S/C18H33N3O2S.HI/c1-3-18(2)9-10-21(14-18)17(20-16-6-4-5-7-16)19-12-15-8-11-24(22,23)13-15;/h15-16H,3-14H2,1-2H3,(H,19,20);1H. The van der Waals surface area contributed by atoms with Crippen molar-refractivity contribution in [3.05, 3.63) is 0 Å². The fourth-order valence-electron chi connectivity index (χ4n) is 4.21. The van der Waals surface area contributed by atoms with Crippen LogP contribution in [0, 0.1) is 11.3 Å². The Balaban J connectivity index is 0.00000225. The van der Waals surface area contributed by atoms with E-state index in [1.54, 1.807) is 0 Å². The van der Waals surface area contributed by atoms with Gasteiger partial charge in [-0.25, -0.2) is 8.42 Å². The highest BCUT2D eigenvalue weighted by Crippen LogP contribution is 2.33. The van der Waals surface area contributed by atoms with E-state index < -0.39 is 9.84 Å². The molecule has 1 saturated carbocycles.